The summed E-state index contributed by atoms with van der Waals surface area (Å²) in [6.07, 6.45) is 0.647. The highest BCUT2D eigenvalue weighted by atomic mass is 32.2. The molecule has 1 aliphatic heterocycles. The number of carbonyl (C=O) groups is 1. The minimum Gasteiger partial charge on any atom is -0.477 e. The number of hydrogen-bond donors (Lipinski definition) is 1. The van der Waals surface area contributed by atoms with Crippen molar-refractivity contribution in [3.63, 3.8) is 0 Å². The summed E-state index contributed by atoms with van der Waals surface area (Å²) in [7, 11) is -4.15. The zero-order chi connectivity index (χ0) is 15.1. The van der Waals surface area contributed by atoms with Crippen LogP contribution >= 0.6 is 0 Å². The quantitative estimate of drug-likeness (QED) is 0.922. The second-order valence-electron chi connectivity index (χ2n) is 4.80. The highest BCUT2D eigenvalue weighted by molar-refractivity contribution is 7.89. The summed E-state index contributed by atoms with van der Waals surface area (Å²) < 4.78 is 52.9. The summed E-state index contributed by atoms with van der Waals surface area (Å²) >= 11 is 0. The SMILES string of the molecule is CC1CCN(S(=O)(=O)c2ccc(F)c(C(=O)O)c2F)C1. The lowest BCUT2D eigenvalue weighted by Gasteiger charge is -2.17. The van der Waals surface area contributed by atoms with Crippen LogP contribution in [-0.4, -0.2) is 36.9 Å². The molecular weight excluding hydrogens is 292 g/mol. The van der Waals surface area contributed by atoms with Crippen LogP contribution in [0.3, 0.4) is 0 Å². The van der Waals surface area contributed by atoms with Crippen LogP contribution in [0.2, 0.25) is 0 Å². The van der Waals surface area contributed by atoms with E-state index in [0.717, 1.165) is 10.4 Å². The number of carboxylic acid groups (broad SMARTS) is 1. The Kier molecular flexibility index (Phi) is 3.79. The van der Waals surface area contributed by atoms with Gasteiger partial charge >= 0.3 is 5.97 Å². The molecule has 20 heavy (non-hydrogen) atoms. The van der Waals surface area contributed by atoms with Gasteiger partial charge in [-0.05, 0) is 24.5 Å². The molecule has 0 bridgehead atoms. The van der Waals surface area contributed by atoms with E-state index in [2.05, 4.69) is 0 Å². The van der Waals surface area contributed by atoms with Crippen molar-refractivity contribution in [2.75, 3.05) is 13.1 Å². The first-order valence-corrected chi connectivity index (χ1v) is 7.40. The van der Waals surface area contributed by atoms with Gasteiger partial charge in [-0.15, -0.1) is 0 Å². The molecule has 0 radical (unpaired) electrons. The summed E-state index contributed by atoms with van der Waals surface area (Å²) in [5, 5.41) is 8.76. The van der Waals surface area contributed by atoms with E-state index < -0.39 is 38.1 Å². The van der Waals surface area contributed by atoms with Crippen LogP contribution in [0, 0.1) is 17.6 Å². The first kappa shape index (κ1) is 14.9. The van der Waals surface area contributed by atoms with Crippen molar-refractivity contribution in [2.45, 2.75) is 18.2 Å². The smallest absolute Gasteiger partial charge is 0.341 e. The summed E-state index contributed by atoms with van der Waals surface area (Å²) in [5.74, 6) is -4.56. The van der Waals surface area contributed by atoms with Gasteiger partial charge in [0.25, 0.3) is 0 Å². The van der Waals surface area contributed by atoms with Crippen molar-refractivity contribution in [1.82, 2.24) is 4.31 Å². The molecule has 1 fully saturated rings. The number of hydrogen-bond acceptors (Lipinski definition) is 3. The highest BCUT2D eigenvalue weighted by Gasteiger charge is 2.34. The van der Waals surface area contributed by atoms with Crippen molar-refractivity contribution < 1.29 is 27.1 Å². The number of carboxylic acids is 1. The van der Waals surface area contributed by atoms with Crippen molar-refractivity contribution >= 4 is 16.0 Å². The van der Waals surface area contributed by atoms with Crippen LogP contribution in [-0.2, 0) is 10.0 Å². The van der Waals surface area contributed by atoms with Crippen LogP contribution in [0.5, 0.6) is 0 Å². The van der Waals surface area contributed by atoms with E-state index >= 15 is 0 Å². The highest BCUT2D eigenvalue weighted by Crippen LogP contribution is 2.28. The Morgan fingerprint density at radius 3 is 2.55 bits per heavy atom. The summed E-state index contributed by atoms with van der Waals surface area (Å²) in [4.78, 5) is 10.0. The van der Waals surface area contributed by atoms with Crippen LogP contribution in [0.4, 0.5) is 8.78 Å². The Morgan fingerprint density at radius 1 is 1.40 bits per heavy atom. The molecule has 1 aliphatic rings. The van der Waals surface area contributed by atoms with Crippen molar-refractivity contribution in [1.29, 1.82) is 0 Å². The number of sulfonamides is 1. The zero-order valence-corrected chi connectivity index (χ0v) is 11.5. The zero-order valence-electron chi connectivity index (χ0n) is 10.6. The molecule has 1 atom stereocenters. The van der Waals surface area contributed by atoms with Gasteiger partial charge in [-0.25, -0.2) is 22.0 Å². The molecule has 5 nitrogen and oxygen atoms in total. The second kappa shape index (κ2) is 5.10. The van der Waals surface area contributed by atoms with E-state index in [1.807, 2.05) is 6.92 Å². The second-order valence-corrected chi connectivity index (χ2v) is 6.70. The number of nitrogens with zero attached hydrogens (tertiary/aromatic N) is 1. The van der Waals surface area contributed by atoms with Crippen molar-refractivity contribution in [3.05, 3.63) is 29.3 Å². The molecule has 1 aromatic carbocycles. The van der Waals surface area contributed by atoms with Crippen LogP contribution in [0.25, 0.3) is 0 Å². The van der Waals surface area contributed by atoms with Gasteiger partial charge in [-0.1, -0.05) is 6.92 Å². The minimum absolute atomic E-state index is 0.146. The maximum Gasteiger partial charge on any atom is 0.341 e. The molecule has 0 spiro atoms. The van der Waals surface area contributed by atoms with E-state index in [9.17, 15) is 22.0 Å². The normalized spacial score (nSPS) is 20.2. The molecule has 0 amide bonds. The first-order chi connectivity index (χ1) is 9.25. The number of rotatable bonds is 3. The fourth-order valence-corrected chi connectivity index (χ4v) is 3.82. The van der Waals surface area contributed by atoms with Crippen molar-refractivity contribution in [3.8, 4) is 0 Å². The third-order valence-electron chi connectivity index (χ3n) is 3.27. The standard InChI is InChI=1S/C12H13F2NO4S/c1-7-4-5-15(6-7)20(18,19)9-3-2-8(13)10(11(9)14)12(16)17/h2-3,7H,4-6H2,1H3,(H,16,17). The molecule has 1 N–H and O–H groups in total. The Balaban J connectivity index is 2.53. The predicted octanol–water partition coefficient (Wildman–Crippen LogP) is 1.69. The first-order valence-electron chi connectivity index (χ1n) is 5.96. The Bertz CT molecular complexity index is 660. The van der Waals surface area contributed by atoms with E-state index in [0.29, 0.717) is 12.5 Å². The average molecular weight is 305 g/mol. The molecular formula is C12H13F2NO4S. The summed E-state index contributed by atoms with van der Waals surface area (Å²) in [6, 6.07) is 1.41. The fraction of sp³-hybridized carbons (Fsp3) is 0.417. The van der Waals surface area contributed by atoms with Crippen LogP contribution in [0.1, 0.15) is 23.7 Å². The molecule has 1 aromatic rings. The number of benzene rings is 1. The third-order valence-corrected chi connectivity index (χ3v) is 5.16. The molecule has 2 rings (SSSR count). The fourth-order valence-electron chi connectivity index (χ4n) is 2.18. The van der Waals surface area contributed by atoms with Gasteiger partial charge in [0.05, 0.1) is 0 Å². The van der Waals surface area contributed by atoms with Crippen LogP contribution < -0.4 is 0 Å². The molecule has 110 valence electrons. The Labute approximate surface area is 114 Å². The van der Waals surface area contributed by atoms with E-state index in [4.69, 9.17) is 5.11 Å². The number of aromatic carboxylic acids is 1. The van der Waals surface area contributed by atoms with Gasteiger partial charge in [-0.2, -0.15) is 4.31 Å². The molecule has 0 aromatic heterocycles. The van der Waals surface area contributed by atoms with Gasteiger partial charge < -0.3 is 5.11 Å². The van der Waals surface area contributed by atoms with Gasteiger partial charge in [0.1, 0.15) is 16.3 Å². The number of halogens is 2. The molecule has 0 saturated carbocycles. The lowest BCUT2D eigenvalue weighted by atomic mass is 10.2. The maximum absolute atomic E-state index is 14.0. The lowest BCUT2D eigenvalue weighted by molar-refractivity contribution is 0.0685. The molecule has 8 heteroatoms. The molecule has 1 heterocycles. The topological polar surface area (TPSA) is 74.7 Å². The van der Waals surface area contributed by atoms with Crippen LogP contribution in [0.15, 0.2) is 17.0 Å². The van der Waals surface area contributed by atoms with Gasteiger partial charge in [0.15, 0.2) is 5.82 Å². The summed E-state index contributed by atoms with van der Waals surface area (Å²) in [6.45, 7) is 2.34. The monoisotopic (exact) mass is 305 g/mol. The Morgan fingerprint density at radius 2 is 2.05 bits per heavy atom. The summed E-state index contributed by atoms with van der Waals surface area (Å²) in [5.41, 5.74) is -1.25. The minimum atomic E-state index is -4.15. The average Bonchev–Trinajstić information content (AvgIpc) is 2.75. The van der Waals surface area contributed by atoms with E-state index in [-0.39, 0.29) is 19.0 Å². The third kappa shape index (κ3) is 2.40. The predicted molar refractivity (Wildman–Crippen MR) is 65.9 cm³/mol. The van der Waals surface area contributed by atoms with E-state index in [1.165, 1.54) is 0 Å². The Hall–Kier alpha value is -1.54. The molecule has 1 saturated heterocycles. The maximum atomic E-state index is 14.0. The molecule has 0 aliphatic carbocycles. The van der Waals surface area contributed by atoms with Gasteiger partial charge in [0.2, 0.25) is 10.0 Å². The van der Waals surface area contributed by atoms with E-state index in [1.54, 1.807) is 0 Å². The van der Waals surface area contributed by atoms with Gasteiger partial charge in [0, 0.05) is 13.1 Å². The van der Waals surface area contributed by atoms with Crippen molar-refractivity contribution in [2.24, 2.45) is 5.92 Å². The van der Waals surface area contributed by atoms with Gasteiger partial charge in [-0.3, -0.25) is 0 Å². The lowest BCUT2D eigenvalue weighted by Crippen LogP contribution is -2.30. The largest absolute Gasteiger partial charge is 0.477 e. The molecule has 1 unspecified atom stereocenters.